The molecule has 2 N–H and O–H groups in total. The molecular weight excluding hydrogens is 629 g/mol. The summed E-state index contributed by atoms with van der Waals surface area (Å²) >= 11 is 0. The number of esters is 1. The number of nitrogens with zero attached hydrogens (tertiary/aromatic N) is 5. The smallest absolute Gasteiger partial charge is 0.305 e. The number of imidazole rings is 1. The Morgan fingerprint density at radius 1 is 1.00 bits per heavy atom. The van der Waals surface area contributed by atoms with Gasteiger partial charge in [-0.15, -0.1) is 0 Å². The maximum absolute atomic E-state index is 11.1. The van der Waals surface area contributed by atoms with Crippen molar-refractivity contribution in [2.24, 2.45) is 0 Å². The molecular formula is C35H62N6O6Si. The van der Waals surface area contributed by atoms with Crippen LogP contribution in [-0.4, -0.2) is 90.6 Å². The van der Waals surface area contributed by atoms with Gasteiger partial charge in [0.2, 0.25) is 0 Å². The fourth-order valence-corrected chi connectivity index (χ4v) is 7.72. The minimum Gasteiger partial charge on any atom is -0.469 e. The molecule has 2 aromatic heterocycles. The molecule has 0 radical (unpaired) electrons. The zero-order chi connectivity index (χ0) is 34.8. The van der Waals surface area contributed by atoms with Crippen molar-refractivity contribution in [3.8, 4) is 0 Å². The van der Waals surface area contributed by atoms with Crippen molar-refractivity contribution in [1.29, 1.82) is 0 Å². The predicted molar refractivity (Wildman–Crippen MR) is 190 cm³/mol. The summed E-state index contributed by atoms with van der Waals surface area (Å²) in [6.07, 6.45) is 18.6. The van der Waals surface area contributed by atoms with Crippen LogP contribution in [0.2, 0.25) is 18.1 Å². The number of methoxy groups -OCH3 is 1. The molecule has 0 aliphatic carbocycles. The van der Waals surface area contributed by atoms with Crippen LogP contribution < -0.4 is 5.73 Å². The van der Waals surface area contributed by atoms with E-state index in [0.29, 0.717) is 36.6 Å². The number of anilines is 1. The van der Waals surface area contributed by atoms with E-state index in [4.69, 9.17) is 29.2 Å². The van der Waals surface area contributed by atoms with E-state index in [2.05, 4.69) is 48.8 Å². The molecule has 4 rings (SSSR count). The Labute approximate surface area is 288 Å². The van der Waals surface area contributed by atoms with Crippen LogP contribution in [-0.2, 0) is 28.3 Å². The van der Waals surface area contributed by atoms with Crippen LogP contribution in [0.3, 0.4) is 0 Å². The van der Waals surface area contributed by atoms with Gasteiger partial charge in [0.25, 0.3) is 0 Å². The van der Waals surface area contributed by atoms with E-state index < -0.39 is 20.1 Å². The summed E-state index contributed by atoms with van der Waals surface area (Å²) in [5, 5.41) is 1.97. The first-order chi connectivity index (χ1) is 22.9. The summed E-state index contributed by atoms with van der Waals surface area (Å²) in [7, 11) is 1.30. The number of unbranched alkanes of at least 4 members (excludes halogenated alkanes) is 12. The van der Waals surface area contributed by atoms with Crippen LogP contribution in [0.25, 0.3) is 11.2 Å². The van der Waals surface area contributed by atoms with Gasteiger partial charge < -0.3 is 24.4 Å². The lowest BCUT2D eigenvalue weighted by atomic mass is 10.0. The number of nitrogen functional groups attached to an aromatic ring is 1. The van der Waals surface area contributed by atoms with Gasteiger partial charge in [-0.25, -0.2) is 15.0 Å². The Morgan fingerprint density at radius 2 is 1.60 bits per heavy atom. The molecule has 48 heavy (non-hydrogen) atoms. The topological polar surface area (TPSA) is 136 Å². The van der Waals surface area contributed by atoms with Crippen LogP contribution in [0.5, 0.6) is 0 Å². The maximum Gasteiger partial charge on any atom is 0.305 e. The Hall–Kier alpha value is -2.16. The first-order valence-corrected chi connectivity index (χ1v) is 21.1. The zero-order valence-electron chi connectivity index (χ0n) is 30.7. The van der Waals surface area contributed by atoms with Gasteiger partial charge in [-0.3, -0.25) is 14.2 Å². The monoisotopic (exact) mass is 690 g/mol. The minimum absolute atomic E-state index is 0.0290. The number of fused-ring (bicyclic) bond motifs is 3. The maximum atomic E-state index is 11.1. The van der Waals surface area contributed by atoms with E-state index in [0.717, 1.165) is 25.8 Å². The van der Waals surface area contributed by atoms with E-state index in [9.17, 15) is 4.79 Å². The molecule has 0 aromatic carbocycles. The van der Waals surface area contributed by atoms with Crippen molar-refractivity contribution in [3.63, 3.8) is 0 Å². The van der Waals surface area contributed by atoms with E-state index in [1.165, 1.54) is 77.6 Å². The number of ether oxygens (including phenoxy) is 3. The second kappa shape index (κ2) is 17.7. The predicted octanol–water partition coefficient (Wildman–Crippen LogP) is 6.96. The van der Waals surface area contributed by atoms with Gasteiger partial charge in [0, 0.05) is 20.0 Å². The van der Waals surface area contributed by atoms with E-state index in [-0.39, 0.29) is 23.2 Å². The number of nitrogens with two attached hydrogens (primary N) is 1. The molecule has 2 aromatic rings. The van der Waals surface area contributed by atoms with Crippen LogP contribution in [0.1, 0.15) is 117 Å². The lowest BCUT2D eigenvalue weighted by Gasteiger charge is -2.41. The summed E-state index contributed by atoms with van der Waals surface area (Å²) in [5.74, 6) is 0.246. The van der Waals surface area contributed by atoms with Gasteiger partial charge in [-0.1, -0.05) is 91.4 Å². The fraction of sp³-hybridized carbons (Fsp3) is 0.829. The highest BCUT2D eigenvalue weighted by atomic mass is 28.4. The fourth-order valence-electron chi connectivity index (χ4n) is 6.38. The standard InChI is InChI=1S/C35H62N6O6Si/c1-34(2,3)48(6,7)47-30-29-33(41-26-39-28-31(36)37-25-38-32(28)41)46-35(30,23-44-29)24-45-40(4)22-20-18-16-14-12-10-8-9-11-13-15-17-19-21-27(42)43-5/h25-26,29-30,33H,8-24H2,1-7H3,(H2,36,37,38)/t29?,30?,33-,35-/m1/s1. The first kappa shape index (κ1) is 38.6. The van der Waals surface area contributed by atoms with E-state index in [1.807, 2.05) is 16.7 Å². The Kier molecular flexibility index (Phi) is 14.2. The number of carbonyl (C=O) groups is 1. The second-order valence-electron chi connectivity index (χ2n) is 15.3. The van der Waals surface area contributed by atoms with Gasteiger partial charge in [-0.2, -0.15) is 5.06 Å². The van der Waals surface area contributed by atoms with Crippen molar-refractivity contribution < 1.29 is 28.3 Å². The van der Waals surface area contributed by atoms with Gasteiger partial charge >= 0.3 is 5.97 Å². The SMILES string of the molecule is COC(=O)CCCCCCCCCCCCCCCN(C)OC[C@]12COC(C1O[Si](C)(C)C(C)(C)C)[C@H](n1cnc3c(N)ncnc31)O2. The second-order valence-corrected chi connectivity index (χ2v) is 20.0. The number of carbonyl (C=O) groups excluding carboxylic acids is 1. The quantitative estimate of drug-likeness (QED) is 0.0594. The third-order valence-corrected chi connectivity index (χ3v) is 14.9. The molecule has 2 saturated heterocycles. The van der Waals surface area contributed by atoms with Gasteiger partial charge in [0.1, 0.15) is 36.3 Å². The summed E-state index contributed by atoms with van der Waals surface area (Å²) in [6, 6.07) is 0. The molecule has 4 atom stereocenters. The van der Waals surface area contributed by atoms with Crippen molar-refractivity contribution >= 4 is 31.3 Å². The molecule has 0 spiro atoms. The van der Waals surface area contributed by atoms with Crippen molar-refractivity contribution in [3.05, 3.63) is 12.7 Å². The normalized spacial score (nSPS) is 22.7. The molecule has 2 unspecified atom stereocenters. The van der Waals surface area contributed by atoms with Crippen molar-refractivity contribution in [2.75, 3.05) is 39.6 Å². The average Bonchev–Trinajstić information content (AvgIpc) is 3.71. The molecule has 272 valence electrons. The number of hydrogen-bond donors (Lipinski definition) is 1. The third-order valence-electron chi connectivity index (χ3n) is 10.5. The van der Waals surface area contributed by atoms with Crippen molar-refractivity contribution in [2.45, 2.75) is 153 Å². The zero-order valence-corrected chi connectivity index (χ0v) is 31.7. The molecule has 13 heteroatoms. The summed E-state index contributed by atoms with van der Waals surface area (Å²) in [4.78, 5) is 30.5. The molecule has 2 aliphatic rings. The largest absolute Gasteiger partial charge is 0.469 e. The minimum atomic E-state index is -2.16. The molecule has 0 amide bonds. The molecule has 12 nitrogen and oxygen atoms in total. The Morgan fingerprint density at radius 3 is 2.21 bits per heavy atom. The summed E-state index contributed by atoms with van der Waals surface area (Å²) in [6.45, 7) is 12.9. The van der Waals surface area contributed by atoms with Crippen LogP contribution in [0.15, 0.2) is 12.7 Å². The highest BCUT2D eigenvalue weighted by molar-refractivity contribution is 6.74. The first-order valence-electron chi connectivity index (χ1n) is 18.2. The Bertz CT molecular complexity index is 1290. The van der Waals surface area contributed by atoms with Crippen LogP contribution in [0, 0.1) is 0 Å². The van der Waals surface area contributed by atoms with Gasteiger partial charge in [-0.05, 0) is 31.0 Å². The number of rotatable bonds is 22. The van der Waals surface area contributed by atoms with Crippen molar-refractivity contribution in [1.82, 2.24) is 24.6 Å². The summed E-state index contributed by atoms with van der Waals surface area (Å²) in [5.41, 5.74) is 6.49. The van der Waals surface area contributed by atoms with Crippen LogP contribution >= 0.6 is 0 Å². The number of hydroxylamine groups is 2. The lowest BCUT2D eigenvalue weighted by molar-refractivity contribution is -0.236. The third kappa shape index (κ3) is 9.97. The number of hydrogen-bond acceptors (Lipinski definition) is 11. The number of aromatic nitrogens is 4. The summed E-state index contributed by atoms with van der Waals surface area (Å²) < 4.78 is 26.9. The molecule has 2 aliphatic heterocycles. The van der Waals surface area contributed by atoms with E-state index in [1.54, 1.807) is 6.33 Å². The molecule has 2 fully saturated rings. The van der Waals surface area contributed by atoms with Gasteiger partial charge in [0.05, 0.1) is 20.0 Å². The van der Waals surface area contributed by atoms with Gasteiger partial charge in [0.15, 0.2) is 26.0 Å². The Balaban J connectivity index is 1.17. The molecule has 2 bridgehead atoms. The lowest BCUT2D eigenvalue weighted by Crippen LogP contribution is -2.53. The highest BCUT2D eigenvalue weighted by Crippen LogP contribution is 2.50. The molecule has 4 heterocycles. The highest BCUT2D eigenvalue weighted by Gasteiger charge is 2.65. The molecule has 0 saturated carbocycles. The van der Waals surface area contributed by atoms with Crippen LogP contribution in [0.4, 0.5) is 5.82 Å². The van der Waals surface area contributed by atoms with E-state index >= 15 is 0 Å². The average molecular weight is 691 g/mol.